The van der Waals surface area contributed by atoms with E-state index in [9.17, 15) is 74.1 Å². The van der Waals surface area contributed by atoms with Gasteiger partial charge in [-0.25, -0.2) is 9.59 Å². The van der Waals surface area contributed by atoms with Crippen LogP contribution in [0.3, 0.4) is 0 Å². The number of fused-ring (bicyclic) bond motifs is 2. The number of β-amino-alcohol motifs (C(OH)–C–C–N with tert-alkyl or cyclic N) is 1. The molecule has 0 radical (unpaired) electrons. The van der Waals surface area contributed by atoms with Crippen LogP contribution in [0.2, 0.25) is 0 Å². The average molecular weight is 1140 g/mol. The van der Waals surface area contributed by atoms with Gasteiger partial charge in [-0.15, -0.1) is 0 Å². The van der Waals surface area contributed by atoms with E-state index in [0.29, 0.717) is 5.56 Å². The number of phenolic OH excluding ortho intramolecular Hbond substituents is 1. The van der Waals surface area contributed by atoms with Crippen molar-refractivity contribution in [3.8, 4) is 11.5 Å². The lowest BCUT2D eigenvalue weighted by atomic mass is 9.98. The number of nitrogens with one attached hydrogen (secondary N) is 6. The van der Waals surface area contributed by atoms with E-state index < -0.39 is 171 Å². The van der Waals surface area contributed by atoms with E-state index in [2.05, 4.69) is 31.9 Å². The highest BCUT2D eigenvalue weighted by Crippen LogP contribution is 2.30. The Labute approximate surface area is 467 Å². The van der Waals surface area contributed by atoms with Gasteiger partial charge in [0, 0.05) is 51.4 Å². The Kier molecular flexibility index (Phi) is 21.8. The van der Waals surface area contributed by atoms with Gasteiger partial charge in [0.2, 0.25) is 35.4 Å². The molecule has 0 spiro atoms. The number of aliphatic hydroxyl groups is 6. The van der Waals surface area contributed by atoms with Gasteiger partial charge < -0.3 is 91.7 Å². The molecule has 0 aliphatic carbocycles. The van der Waals surface area contributed by atoms with Crippen molar-refractivity contribution in [3.63, 3.8) is 0 Å². The summed E-state index contributed by atoms with van der Waals surface area (Å²) >= 11 is 0. The Bertz CT molecular complexity index is 2680. The second-order valence-electron chi connectivity index (χ2n) is 21.5. The third kappa shape index (κ3) is 17.4. The van der Waals surface area contributed by atoms with Gasteiger partial charge in [-0.1, -0.05) is 73.7 Å². The Morgan fingerprint density at radius 3 is 1.95 bits per heavy atom. The SMILES string of the molecule is C[C@@H](O)[C@@H]1NC(=O)[C@@H](NC(=O)OC(C)(C)C)C[C@@H](O)CNC(=O)[C@@H]2[C@@H](O)[C@@H](C)CN2C(=O)[C@H]([C@H](O)CCNC(=O)OCc2ccccc2)NC(=O)[C@H]([C@H](O)Cc2ccc(OCc3ccccc3)c(O)c2)NC(=O)[C@@H]2C[C@@H](O)CN2C1=O. The van der Waals surface area contributed by atoms with E-state index >= 15 is 0 Å². The van der Waals surface area contributed by atoms with Gasteiger partial charge in [-0.05, 0) is 62.9 Å². The fourth-order valence-electron chi connectivity index (χ4n) is 9.54. The van der Waals surface area contributed by atoms with Crippen molar-refractivity contribution in [3.05, 3.63) is 95.6 Å². The van der Waals surface area contributed by atoms with Crippen LogP contribution in [0.1, 0.15) is 70.6 Å². The first-order chi connectivity index (χ1) is 38.3. The maximum atomic E-state index is 14.9. The maximum Gasteiger partial charge on any atom is 0.408 e. The van der Waals surface area contributed by atoms with Crippen molar-refractivity contribution < 1.29 is 88.3 Å². The zero-order chi connectivity index (χ0) is 59.3. The molecule has 3 aliphatic heterocycles. The Hall–Kier alpha value is -7.62. The number of carbonyl (C=O) groups is 8. The summed E-state index contributed by atoms with van der Waals surface area (Å²) in [7, 11) is 0. The van der Waals surface area contributed by atoms with Crippen molar-refractivity contribution in [2.45, 2.75) is 152 Å². The Morgan fingerprint density at radius 2 is 1.32 bits per heavy atom. The molecule has 13 N–H and O–H groups in total. The lowest BCUT2D eigenvalue weighted by molar-refractivity contribution is -0.147. The molecule has 6 rings (SSSR count). The molecular formula is C55H74N8O18. The molecule has 3 heterocycles. The molecule has 8 amide bonds. The molecule has 0 saturated carbocycles. The van der Waals surface area contributed by atoms with E-state index in [4.69, 9.17) is 14.2 Å². The smallest absolute Gasteiger partial charge is 0.408 e. The number of carbonyl (C=O) groups excluding carboxylic acids is 8. The molecule has 3 fully saturated rings. The molecule has 26 heteroatoms. The molecule has 0 unspecified atom stereocenters. The maximum absolute atomic E-state index is 14.9. The van der Waals surface area contributed by atoms with Crippen LogP contribution in [0.25, 0.3) is 0 Å². The van der Waals surface area contributed by atoms with E-state index in [1.165, 1.54) is 45.9 Å². The summed E-state index contributed by atoms with van der Waals surface area (Å²) in [6, 6.07) is 10.6. The van der Waals surface area contributed by atoms with E-state index in [-0.39, 0.29) is 43.4 Å². The van der Waals surface area contributed by atoms with Crippen LogP contribution in [-0.4, -0.2) is 198 Å². The average Bonchev–Trinajstić information content (AvgIpc) is 4.14. The van der Waals surface area contributed by atoms with Gasteiger partial charge in [0.05, 0.1) is 36.6 Å². The van der Waals surface area contributed by atoms with Gasteiger partial charge in [-0.3, -0.25) is 28.8 Å². The number of hydrogen-bond acceptors (Lipinski definition) is 18. The van der Waals surface area contributed by atoms with Gasteiger partial charge in [-0.2, -0.15) is 0 Å². The molecule has 0 bridgehead atoms. The standard InChI is InChI=1S/C55H74N8O18/c1-29-25-63-45(46(29)70)50(74)57-24-34(65)22-36(58-54(78)81-55(3,4)5)47(71)59-42(30(2)64)51(75)62-26-35(66)23-37(62)48(72)60-43(40(69)21-33-16-17-41(39(68)20-33)79-27-31-12-8-6-9-13-31)49(73)61-44(52(63)76)38(67)18-19-56-53(77)80-28-32-14-10-7-11-15-32/h6-17,20,29-30,34-38,40,42-46,64-70H,18-19,21-28H2,1-5H3,(H,56,77)(H,57,74)(H,58,78)(H,59,71)(H,60,72)(H,61,73)/t29-,30+,34+,35+,36-,37-,38+,40+,42-,43-,44-,45-,46-/m0/s1. The number of phenols is 1. The second kappa shape index (κ2) is 28.2. The quantitative estimate of drug-likeness (QED) is 0.0858. The minimum atomic E-state index is -2.11. The molecular weight excluding hydrogens is 1060 g/mol. The number of aliphatic hydroxyl groups excluding tert-OH is 6. The molecule has 442 valence electrons. The molecule has 81 heavy (non-hydrogen) atoms. The van der Waals surface area contributed by atoms with Crippen LogP contribution in [0.15, 0.2) is 78.9 Å². The van der Waals surface area contributed by atoms with Crippen molar-refractivity contribution in [2.24, 2.45) is 5.92 Å². The van der Waals surface area contributed by atoms with E-state index in [0.717, 1.165) is 22.3 Å². The number of hydrogen-bond donors (Lipinski definition) is 13. The largest absolute Gasteiger partial charge is 0.504 e. The molecule has 26 nitrogen and oxygen atoms in total. The van der Waals surface area contributed by atoms with Crippen LogP contribution in [0.5, 0.6) is 11.5 Å². The summed E-state index contributed by atoms with van der Waals surface area (Å²) in [5.41, 5.74) is 0.563. The lowest BCUT2D eigenvalue weighted by Crippen LogP contribution is -2.64. The molecule has 3 saturated heterocycles. The molecule has 3 aromatic rings. The number of ether oxygens (including phenoxy) is 3. The predicted octanol–water partition coefficient (Wildman–Crippen LogP) is -1.67. The summed E-state index contributed by atoms with van der Waals surface area (Å²) in [5, 5.41) is 94.0. The molecule has 13 atom stereocenters. The van der Waals surface area contributed by atoms with Crippen LogP contribution in [-0.2, 0) is 57.9 Å². The van der Waals surface area contributed by atoms with Gasteiger partial charge in [0.25, 0.3) is 0 Å². The molecule has 3 aliphatic rings. The first-order valence-corrected chi connectivity index (χ1v) is 26.6. The predicted molar refractivity (Wildman–Crippen MR) is 285 cm³/mol. The van der Waals surface area contributed by atoms with Crippen molar-refractivity contribution in [1.82, 2.24) is 41.7 Å². The number of aromatic hydroxyl groups is 1. The normalized spacial score (nSPS) is 26.5. The summed E-state index contributed by atoms with van der Waals surface area (Å²) in [6.45, 7) is 5.28. The van der Waals surface area contributed by atoms with E-state index in [1.807, 2.05) is 18.2 Å². The number of amides is 8. The number of benzene rings is 3. The number of alkyl carbamates (subject to hydrolysis) is 2. The minimum Gasteiger partial charge on any atom is -0.504 e. The topological polar surface area (TPSA) is 385 Å². The monoisotopic (exact) mass is 1130 g/mol. The first-order valence-electron chi connectivity index (χ1n) is 26.6. The summed E-state index contributed by atoms with van der Waals surface area (Å²) < 4.78 is 16.4. The van der Waals surface area contributed by atoms with Gasteiger partial charge in [0.1, 0.15) is 55.1 Å². The third-order valence-electron chi connectivity index (χ3n) is 13.8. The second-order valence-corrected chi connectivity index (χ2v) is 21.5. The Balaban J connectivity index is 1.37. The van der Waals surface area contributed by atoms with Crippen LogP contribution < -0.4 is 36.6 Å². The third-order valence-corrected chi connectivity index (χ3v) is 13.8. The highest BCUT2D eigenvalue weighted by Gasteiger charge is 2.50. The summed E-state index contributed by atoms with van der Waals surface area (Å²) in [6.07, 6.45) is -14.5. The van der Waals surface area contributed by atoms with E-state index in [1.54, 1.807) is 42.5 Å². The van der Waals surface area contributed by atoms with Crippen LogP contribution in [0.4, 0.5) is 9.59 Å². The van der Waals surface area contributed by atoms with Crippen molar-refractivity contribution in [2.75, 3.05) is 26.2 Å². The summed E-state index contributed by atoms with van der Waals surface area (Å²) in [5.74, 6) is -8.11. The first kappa shape index (κ1) is 62.6. The van der Waals surface area contributed by atoms with Crippen LogP contribution >= 0.6 is 0 Å². The fourth-order valence-corrected chi connectivity index (χ4v) is 9.54. The Morgan fingerprint density at radius 1 is 0.704 bits per heavy atom. The summed E-state index contributed by atoms with van der Waals surface area (Å²) in [4.78, 5) is 115. The van der Waals surface area contributed by atoms with Crippen molar-refractivity contribution in [1.29, 1.82) is 0 Å². The highest BCUT2D eigenvalue weighted by molar-refractivity contribution is 5.98. The van der Waals surface area contributed by atoms with Gasteiger partial charge >= 0.3 is 12.2 Å². The van der Waals surface area contributed by atoms with Crippen molar-refractivity contribution >= 4 is 47.6 Å². The van der Waals surface area contributed by atoms with Crippen LogP contribution in [0, 0.1) is 5.92 Å². The van der Waals surface area contributed by atoms with Gasteiger partial charge in [0.15, 0.2) is 11.5 Å². The minimum absolute atomic E-state index is 0.0613. The number of nitrogens with zero attached hydrogens (tertiary/aromatic N) is 2. The molecule has 3 aromatic carbocycles. The highest BCUT2D eigenvalue weighted by atomic mass is 16.6. The zero-order valence-electron chi connectivity index (χ0n) is 45.6. The lowest BCUT2D eigenvalue weighted by Gasteiger charge is -2.34. The zero-order valence-corrected chi connectivity index (χ0v) is 45.6. The molecule has 0 aromatic heterocycles. The number of rotatable bonds is 14. The fraction of sp³-hybridized carbons (Fsp3) is 0.527.